The number of ether oxygens (including phenoxy) is 1. The molecule has 2 rings (SSSR count). The van der Waals surface area contributed by atoms with E-state index in [1.807, 2.05) is 0 Å². The molecule has 1 aromatic heterocycles. The summed E-state index contributed by atoms with van der Waals surface area (Å²) in [5.74, 6) is -0.849. The van der Waals surface area contributed by atoms with Gasteiger partial charge in [-0.05, 0) is 39.3 Å². The van der Waals surface area contributed by atoms with Crippen LogP contribution in [0.1, 0.15) is 51.5 Å². The number of ketones is 1. The first-order valence-electron chi connectivity index (χ1n) is 8.34. The maximum Gasteiger partial charge on any atom is 0.340 e. The summed E-state index contributed by atoms with van der Waals surface area (Å²) in [6.07, 6.45) is 0. The Morgan fingerprint density at radius 1 is 1.28 bits per heavy atom. The first kappa shape index (κ1) is 18.9. The molecule has 134 valence electrons. The quantitative estimate of drug-likeness (QED) is 0.596. The van der Waals surface area contributed by atoms with E-state index in [2.05, 4.69) is 4.98 Å². The van der Waals surface area contributed by atoms with Gasteiger partial charge in [-0.2, -0.15) is 0 Å². The molecular weight excluding hydrogens is 323 g/mol. The molecule has 3 N–H and O–H groups in total. The number of aryl methyl sites for hydroxylation is 1. The average molecular weight is 347 g/mol. The zero-order chi connectivity index (χ0) is 18.6. The molecule has 5 nitrogen and oxygen atoms in total. The highest BCUT2D eigenvalue weighted by molar-refractivity contribution is 6.03. The first-order valence-corrected chi connectivity index (χ1v) is 8.34. The number of esters is 1. The molecule has 0 fully saturated rings. The zero-order valence-corrected chi connectivity index (χ0v) is 15.0. The van der Waals surface area contributed by atoms with E-state index in [9.17, 15) is 14.0 Å². The second kappa shape index (κ2) is 8.07. The Labute approximate surface area is 146 Å². The standard InChI is InChI=1S/C19H23FN2O3/c1-5-25-19(24)16-11(2)17(22-12(16)3)18(23)13(4)21-10-14-8-6-7-9-15(14)20/h6-9,13,21-22H,5,10H2,1-4H3/p+1/t13-/m0/s1. The Balaban J connectivity index is 2.13. The van der Waals surface area contributed by atoms with Crippen LogP contribution in [0.25, 0.3) is 0 Å². The van der Waals surface area contributed by atoms with E-state index in [1.165, 1.54) is 6.07 Å². The Morgan fingerprint density at radius 3 is 2.60 bits per heavy atom. The summed E-state index contributed by atoms with van der Waals surface area (Å²) in [4.78, 5) is 27.7. The van der Waals surface area contributed by atoms with E-state index in [-0.39, 0.29) is 18.2 Å². The van der Waals surface area contributed by atoms with Gasteiger partial charge in [0.15, 0.2) is 0 Å². The molecule has 0 spiro atoms. The fourth-order valence-electron chi connectivity index (χ4n) is 2.81. The van der Waals surface area contributed by atoms with Gasteiger partial charge in [0.25, 0.3) is 0 Å². The number of Topliss-reactive ketones (excluding diaryl/α,β-unsaturated/α-hetero) is 1. The van der Waals surface area contributed by atoms with Crippen molar-refractivity contribution in [3.05, 3.63) is 58.2 Å². The van der Waals surface area contributed by atoms with E-state index in [1.54, 1.807) is 51.2 Å². The lowest BCUT2D eigenvalue weighted by Crippen LogP contribution is -2.89. The SMILES string of the molecule is CCOC(=O)c1c(C)[nH]c(C(=O)[C@H](C)[NH2+]Cc2ccccc2F)c1C. The monoisotopic (exact) mass is 347 g/mol. The number of carbonyl (C=O) groups is 2. The minimum absolute atomic E-state index is 0.132. The molecule has 25 heavy (non-hydrogen) atoms. The maximum atomic E-state index is 13.7. The number of hydrogen-bond acceptors (Lipinski definition) is 3. The second-order valence-electron chi connectivity index (χ2n) is 6.03. The van der Waals surface area contributed by atoms with Crippen molar-refractivity contribution in [2.24, 2.45) is 0 Å². The fourth-order valence-corrected chi connectivity index (χ4v) is 2.81. The van der Waals surface area contributed by atoms with E-state index in [4.69, 9.17) is 4.74 Å². The second-order valence-corrected chi connectivity index (χ2v) is 6.03. The highest BCUT2D eigenvalue weighted by Gasteiger charge is 2.27. The third-order valence-corrected chi connectivity index (χ3v) is 4.23. The van der Waals surface area contributed by atoms with E-state index in [0.717, 1.165) is 0 Å². The number of aromatic nitrogens is 1. The van der Waals surface area contributed by atoms with Crippen molar-refractivity contribution in [2.75, 3.05) is 6.61 Å². The van der Waals surface area contributed by atoms with Crippen LogP contribution in [-0.2, 0) is 11.3 Å². The predicted octanol–water partition coefficient (Wildman–Crippen LogP) is 2.28. The first-order chi connectivity index (χ1) is 11.9. The number of rotatable bonds is 7. The van der Waals surface area contributed by atoms with Crippen molar-refractivity contribution in [2.45, 2.75) is 40.3 Å². The van der Waals surface area contributed by atoms with Crippen molar-refractivity contribution >= 4 is 11.8 Å². The summed E-state index contributed by atoms with van der Waals surface area (Å²) in [6.45, 7) is 7.61. The van der Waals surface area contributed by atoms with Crippen molar-refractivity contribution in [3.8, 4) is 0 Å². The minimum Gasteiger partial charge on any atom is -0.462 e. The molecule has 0 saturated carbocycles. The lowest BCUT2D eigenvalue weighted by atomic mass is 10.0. The van der Waals surface area contributed by atoms with Crippen LogP contribution < -0.4 is 5.32 Å². The van der Waals surface area contributed by atoms with Crippen LogP contribution in [0.4, 0.5) is 4.39 Å². The normalized spacial score (nSPS) is 12.0. The van der Waals surface area contributed by atoms with Crippen LogP contribution in [0.3, 0.4) is 0 Å². The average Bonchev–Trinajstić information content (AvgIpc) is 2.88. The highest BCUT2D eigenvalue weighted by atomic mass is 19.1. The molecule has 1 atom stereocenters. The summed E-state index contributed by atoms with van der Waals surface area (Å²) in [7, 11) is 0. The Bertz CT molecular complexity index is 783. The topological polar surface area (TPSA) is 75.8 Å². The molecule has 1 aromatic carbocycles. The number of carbonyl (C=O) groups excluding carboxylic acids is 2. The molecule has 0 radical (unpaired) electrons. The van der Waals surface area contributed by atoms with Crippen LogP contribution in [0.5, 0.6) is 0 Å². The smallest absolute Gasteiger partial charge is 0.340 e. The van der Waals surface area contributed by atoms with E-state index < -0.39 is 12.0 Å². The van der Waals surface area contributed by atoms with Gasteiger partial charge < -0.3 is 15.0 Å². The summed E-state index contributed by atoms with van der Waals surface area (Å²) in [5.41, 5.74) is 2.56. The third kappa shape index (κ3) is 4.14. The lowest BCUT2D eigenvalue weighted by Gasteiger charge is -2.10. The number of nitrogens with two attached hydrogens (primary N) is 1. The molecule has 6 heteroatoms. The number of benzene rings is 1. The van der Waals surface area contributed by atoms with Crippen molar-refractivity contribution < 1.29 is 24.0 Å². The lowest BCUT2D eigenvalue weighted by molar-refractivity contribution is -0.687. The summed E-state index contributed by atoms with van der Waals surface area (Å²) >= 11 is 0. The largest absolute Gasteiger partial charge is 0.462 e. The van der Waals surface area contributed by atoms with Gasteiger partial charge in [0.05, 0.1) is 17.9 Å². The van der Waals surface area contributed by atoms with Gasteiger partial charge in [-0.15, -0.1) is 0 Å². The molecule has 1 heterocycles. The van der Waals surface area contributed by atoms with Crippen LogP contribution in [-0.4, -0.2) is 29.4 Å². The zero-order valence-electron chi connectivity index (χ0n) is 15.0. The molecule has 2 aromatic rings. The molecule has 0 aliphatic rings. The number of quaternary nitrogens is 1. The van der Waals surface area contributed by atoms with Crippen LogP contribution in [0.15, 0.2) is 24.3 Å². The van der Waals surface area contributed by atoms with Crippen molar-refractivity contribution in [1.82, 2.24) is 4.98 Å². The molecule has 0 aliphatic carbocycles. The van der Waals surface area contributed by atoms with Gasteiger partial charge in [-0.25, -0.2) is 9.18 Å². The van der Waals surface area contributed by atoms with E-state index in [0.29, 0.717) is 34.6 Å². The molecule has 0 unspecified atom stereocenters. The van der Waals surface area contributed by atoms with Gasteiger partial charge >= 0.3 is 5.97 Å². The predicted molar refractivity (Wildman–Crippen MR) is 92.0 cm³/mol. The number of aromatic amines is 1. The fraction of sp³-hybridized carbons (Fsp3) is 0.368. The third-order valence-electron chi connectivity index (χ3n) is 4.23. The molecule has 0 amide bonds. The molecular formula is C19H24FN2O3+. The van der Waals surface area contributed by atoms with Gasteiger partial charge in [0.1, 0.15) is 18.4 Å². The van der Waals surface area contributed by atoms with Gasteiger partial charge in [-0.1, -0.05) is 18.2 Å². The Morgan fingerprint density at radius 2 is 1.96 bits per heavy atom. The summed E-state index contributed by atoms with van der Waals surface area (Å²) in [5, 5.41) is 1.78. The number of nitrogens with one attached hydrogen (secondary N) is 1. The Hall–Kier alpha value is -2.47. The van der Waals surface area contributed by atoms with Crippen LogP contribution in [0, 0.1) is 19.7 Å². The van der Waals surface area contributed by atoms with Gasteiger partial charge in [-0.3, -0.25) is 4.79 Å². The number of halogens is 1. The molecule has 0 bridgehead atoms. The molecule has 0 saturated heterocycles. The number of hydrogen-bond donors (Lipinski definition) is 2. The maximum absolute atomic E-state index is 13.7. The van der Waals surface area contributed by atoms with Gasteiger partial charge in [0.2, 0.25) is 5.78 Å². The summed E-state index contributed by atoms with van der Waals surface area (Å²) in [6, 6.07) is 6.09. The van der Waals surface area contributed by atoms with E-state index >= 15 is 0 Å². The summed E-state index contributed by atoms with van der Waals surface area (Å²) < 4.78 is 18.7. The van der Waals surface area contributed by atoms with Crippen LogP contribution >= 0.6 is 0 Å². The van der Waals surface area contributed by atoms with Crippen molar-refractivity contribution in [3.63, 3.8) is 0 Å². The molecule has 0 aliphatic heterocycles. The van der Waals surface area contributed by atoms with Crippen molar-refractivity contribution in [1.29, 1.82) is 0 Å². The number of H-pyrrole nitrogens is 1. The van der Waals surface area contributed by atoms with Gasteiger partial charge in [0, 0.05) is 11.3 Å². The minimum atomic E-state index is -0.434. The Kier molecular flexibility index (Phi) is 6.09. The van der Waals surface area contributed by atoms with Crippen LogP contribution in [0.2, 0.25) is 0 Å². The highest BCUT2D eigenvalue weighted by Crippen LogP contribution is 2.20.